The van der Waals surface area contributed by atoms with E-state index in [0.717, 1.165) is 20.4 Å². The van der Waals surface area contributed by atoms with Crippen LogP contribution < -0.4 is 4.80 Å². The summed E-state index contributed by atoms with van der Waals surface area (Å²) in [5.41, 5.74) is 4.00. The van der Waals surface area contributed by atoms with Gasteiger partial charge in [0.05, 0.1) is 36.0 Å². The largest absolute Gasteiger partial charge is 0.315 e. The third kappa shape index (κ3) is 2.89. The lowest BCUT2D eigenvalue weighted by Crippen LogP contribution is -2.16. The van der Waals surface area contributed by atoms with Gasteiger partial charge in [0.1, 0.15) is 0 Å². The number of hydrogen-bond acceptors (Lipinski definition) is 4. The first kappa shape index (κ1) is 16.7. The molecule has 0 radical (unpaired) electrons. The molecule has 2 aromatic heterocycles. The summed E-state index contributed by atoms with van der Waals surface area (Å²) in [6.45, 7) is 2.62. The van der Waals surface area contributed by atoms with E-state index in [0.29, 0.717) is 27.0 Å². The predicted octanol–water partition coefficient (Wildman–Crippen LogP) is 5.38. The number of amides is 1. The van der Waals surface area contributed by atoms with Crippen molar-refractivity contribution in [3.63, 3.8) is 0 Å². The molecule has 0 fully saturated rings. The first-order chi connectivity index (χ1) is 12.1. The van der Waals surface area contributed by atoms with Gasteiger partial charge in [0, 0.05) is 12.1 Å². The van der Waals surface area contributed by atoms with Gasteiger partial charge in [0.25, 0.3) is 5.91 Å². The summed E-state index contributed by atoms with van der Waals surface area (Å²) in [6, 6.07) is 9.07. The van der Waals surface area contributed by atoms with E-state index < -0.39 is 0 Å². The average Bonchev–Trinajstić information content (AvgIpc) is 3.21. The van der Waals surface area contributed by atoms with Crippen molar-refractivity contribution in [2.45, 2.75) is 13.5 Å². The Morgan fingerprint density at radius 1 is 1.24 bits per heavy atom. The van der Waals surface area contributed by atoms with E-state index in [9.17, 15) is 4.79 Å². The van der Waals surface area contributed by atoms with Gasteiger partial charge in [-0.2, -0.15) is 4.99 Å². The van der Waals surface area contributed by atoms with E-state index in [1.54, 1.807) is 17.6 Å². The van der Waals surface area contributed by atoms with Crippen LogP contribution in [0.15, 0.2) is 40.8 Å². The Bertz CT molecular complexity index is 1190. The summed E-state index contributed by atoms with van der Waals surface area (Å²) >= 11 is 15.4. The average molecular weight is 408 g/mol. The number of benzene rings is 2. The summed E-state index contributed by atoms with van der Waals surface area (Å²) in [6.07, 6.45) is 0. The summed E-state index contributed by atoms with van der Waals surface area (Å²) in [5.74, 6) is -0.286. The molecule has 0 spiro atoms. The van der Waals surface area contributed by atoms with Gasteiger partial charge in [0.15, 0.2) is 4.80 Å². The maximum absolute atomic E-state index is 12.6. The SMILES string of the molecule is CCn1c(=NC(=O)c2ccc3ncsc3c2)sc2ccc(Cl)c(Cl)c21. The zero-order chi connectivity index (χ0) is 17.6. The second-order valence-corrected chi connectivity index (χ2v) is 7.97. The van der Waals surface area contributed by atoms with Gasteiger partial charge in [-0.25, -0.2) is 4.98 Å². The van der Waals surface area contributed by atoms with Crippen molar-refractivity contribution >= 4 is 72.2 Å². The lowest BCUT2D eigenvalue weighted by molar-refractivity contribution is 0.0998. The number of carbonyl (C=O) groups is 1. The molecule has 0 saturated carbocycles. The molecule has 8 heteroatoms. The Balaban J connectivity index is 1.87. The molecule has 2 heterocycles. The van der Waals surface area contributed by atoms with E-state index in [4.69, 9.17) is 23.2 Å². The molecule has 0 atom stereocenters. The number of fused-ring (bicyclic) bond motifs is 2. The Morgan fingerprint density at radius 2 is 2.08 bits per heavy atom. The number of aromatic nitrogens is 2. The maximum Gasteiger partial charge on any atom is 0.279 e. The molecular weight excluding hydrogens is 397 g/mol. The molecule has 0 unspecified atom stereocenters. The summed E-state index contributed by atoms with van der Waals surface area (Å²) < 4.78 is 3.83. The van der Waals surface area contributed by atoms with Gasteiger partial charge in [-0.1, -0.05) is 34.5 Å². The molecule has 0 aliphatic rings. The molecular formula is C17H11Cl2N3OS2. The molecule has 1 amide bonds. The molecule has 0 bridgehead atoms. The molecule has 4 aromatic rings. The molecule has 4 rings (SSSR count). The van der Waals surface area contributed by atoms with Crippen LogP contribution >= 0.6 is 45.9 Å². The quantitative estimate of drug-likeness (QED) is 0.447. The van der Waals surface area contributed by atoms with Crippen LogP contribution in [0.2, 0.25) is 10.0 Å². The lowest BCUT2D eigenvalue weighted by atomic mass is 10.2. The number of nitrogens with zero attached hydrogens (tertiary/aromatic N) is 3. The Labute approximate surface area is 161 Å². The first-order valence-corrected chi connectivity index (χ1v) is 9.93. The van der Waals surface area contributed by atoms with Crippen molar-refractivity contribution in [2.75, 3.05) is 0 Å². The van der Waals surface area contributed by atoms with Gasteiger partial charge >= 0.3 is 0 Å². The van der Waals surface area contributed by atoms with Gasteiger partial charge in [0.2, 0.25) is 0 Å². The third-order valence-electron chi connectivity index (χ3n) is 3.83. The molecule has 0 aliphatic carbocycles. The minimum atomic E-state index is -0.286. The maximum atomic E-state index is 12.6. The minimum Gasteiger partial charge on any atom is -0.315 e. The number of rotatable bonds is 2. The van der Waals surface area contributed by atoms with Crippen LogP contribution in [-0.2, 0) is 6.54 Å². The smallest absolute Gasteiger partial charge is 0.279 e. The van der Waals surface area contributed by atoms with Crippen molar-refractivity contribution in [3.05, 3.63) is 56.3 Å². The Hall–Kier alpha value is -1.73. The number of thiazole rings is 2. The fourth-order valence-electron chi connectivity index (χ4n) is 2.62. The van der Waals surface area contributed by atoms with Crippen LogP contribution in [-0.4, -0.2) is 15.5 Å². The number of halogens is 2. The topological polar surface area (TPSA) is 47.2 Å². The summed E-state index contributed by atoms with van der Waals surface area (Å²) in [4.78, 5) is 21.8. The summed E-state index contributed by atoms with van der Waals surface area (Å²) in [5, 5.41) is 0.972. The van der Waals surface area contributed by atoms with Crippen molar-refractivity contribution in [1.29, 1.82) is 0 Å². The van der Waals surface area contributed by atoms with Crippen LogP contribution in [0.1, 0.15) is 17.3 Å². The van der Waals surface area contributed by atoms with Gasteiger partial charge in [-0.05, 0) is 37.3 Å². The zero-order valence-corrected chi connectivity index (χ0v) is 16.1. The highest BCUT2D eigenvalue weighted by Crippen LogP contribution is 2.32. The number of carbonyl (C=O) groups excluding carboxylic acids is 1. The molecule has 126 valence electrons. The molecule has 0 N–H and O–H groups in total. The Kier molecular flexibility index (Phi) is 4.37. The van der Waals surface area contributed by atoms with E-state index in [1.807, 2.05) is 29.7 Å². The lowest BCUT2D eigenvalue weighted by Gasteiger charge is -2.03. The molecule has 2 aromatic carbocycles. The first-order valence-electron chi connectivity index (χ1n) is 7.48. The summed E-state index contributed by atoms with van der Waals surface area (Å²) in [7, 11) is 0. The van der Waals surface area contributed by atoms with E-state index in [2.05, 4.69) is 9.98 Å². The van der Waals surface area contributed by atoms with E-state index in [1.165, 1.54) is 22.7 Å². The standard InChI is InChI=1S/C17H11Cl2N3OS2/c1-2-22-15-12(6-4-10(18)14(15)19)25-17(22)21-16(23)9-3-5-11-13(7-9)24-8-20-11/h3-8H,2H2,1H3. The molecule has 4 nitrogen and oxygen atoms in total. The highest BCUT2D eigenvalue weighted by Gasteiger charge is 2.13. The van der Waals surface area contributed by atoms with E-state index >= 15 is 0 Å². The van der Waals surface area contributed by atoms with Crippen LogP contribution in [0.25, 0.3) is 20.4 Å². The second kappa shape index (κ2) is 6.53. The monoisotopic (exact) mass is 407 g/mol. The fraction of sp³-hybridized carbons (Fsp3) is 0.118. The second-order valence-electron chi connectivity index (χ2n) is 5.29. The van der Waals surface area contributed by atoms with Crippen molar-refractivity contribution in [3.8, 4) is 0 Å². The third-order valence-corrected chi connectivity index (χ3v) is 6.46. The van der Waals surface area contributed by atoms with Crippen LogP contribution in [0, 0.1) is 0 Å². The normalized spacial score (nSPS) is 12.4. The van der Waals surface area contributed by atoms with Gasteiger partial charge in [-0.3, -0.25) is 4.79 Å². The fourth-order valence-corrected chi connectivity index (χ4v) is 4.91. The molecule has 25 heavy (non-hydrogen) atoms. The molecule has 0 aliphatic heterocycles. The highest BCUT2D eigenvalue weighted by molar-refractivity contribution is 7.17. The van der Waals surface area contributed by atoms with Crippen molar-refractivity contribution in [1.82, 2.24) is 9.55 Å². The molecule has 0 saturated heterocycles. The number of aryl methyl sites for hydroxylation is 1. The van der Waals surface area contributed by atoms with Crippen molar-refractivity contribution in [2.24, 2.45) is 4.99 Å². The van der Waals surface area contributed by atoms with Crippen LogP contribution in [0.3, 0.4) is 0 Å². The van der Waals surface area contributed by atoms with E-state index in [-0.39, 0.29) is 5.91 Å². The van der Waals surface area contributed by atoms with Crippen LogP contribution in [0.4, 0.5) is 0 Å². The van der Waals surface area contributed by atoms with Gasteiger partial charge < -0.3 is 4.57 Å². The van der Waals surface area contributed by atoms with Gasteiger partial charge in [-0.15, -0.1) is 11.3 Å². The van der Waals surface area contributed by atoms with Crippen molar-refractivity contribution < 1.29 is 4.79 Å². The highest BCUT2D eigenvalue weighted by atomic mass is 35.5. The minimum absolute atomic E-state index is 0.286. The number of hydrogen-bond donors (Lipinski definition) is 0. The Morgan fingerprint density at radius 3 is 2.88 bits per heavy atom. The van der Waals surface area contributed by atoms with Crippen LogP contribution in [0.5, 0.6) is 0 Å². The zero-order valence-electron chi connectivity index (χ0n) is 13.0. The predicted molar refractivity (Wildman–Crippen MR) is 105 cm³/mol.